The summed E-state index contributed by atoms with van der Waals surface area (Å²) in [6.45, 7) is 1.89. The van der Waals surface area contributed by atoms with Gasteiger partial charge in [0.2, 0.25) is 0 Å². The maximum atomic E-state index is 9.31. The van der Waals surface area contributed by atoms with Gasteiger partial charge in [0, 0.05) is 5.88 Å². The Hall–Kier alpha value is -0.280. The minimum atomic E-state index is -1.61. The van der Waals surface area contributed by atoms with Crippen LogP contribution in [-0.4, -0.2) is 22.2 Å². The predicted molar refractivity (Wildman–Crippen MR) is 34.9 cm³/mol. The second kappa shape index (κ2) is 7.72. The third-order valence-corrected chi connectivity index (χ3v) is 0.330. The number of carbonyl (C=O) groups is 2. The molecule has 3 nitrogen and oxygen atoms in total. The first kappa shape index (κ1) is 11.5. The molecule has 9 heavy (non-hydrogen) atoms. The third kappa shape index (κ3) is 18.3. The lowest BCUT2D eigenvalue weighted by molar-refractivity contribution is -0.145. The summed E-state index contributed by atoms with van der Waals surface area (Å²) < 4.78 is 0. The van der Waals surface area contributed by atoms with E-state index in [2.05, 4.69) is 11.6 Å². The van der Waals surface area contributed by atoms with Gasteiger partial charge in [0.05, 0.1) is 0 Å². The third-order valence-electron chi connectivity index (χ3n) is 0.168. The van der Waals surface area contributed by atoms with Crippen molar-refractivity contribution in [2.45, 2.75) is 6.92 Å². The van der Waals surface area contributed by atoms with Crippen molar-refractivity contribution in [1.29, 1.82) is 0 Å². The van der Waals surface area contributed by atoms with E-state index >= 15 is 0 Å². The van der Waals surface area contributed by atoms with Crippen molar-refractivity contribution in [2.24, 2.45) is 0 Å². The molecule has 0 fully saturated rings. The second-order valence-electron chi connectivity index (χ2n) is 0.846. The van der Waals surface area contributed by atoms with E-state index in [0.717, 1.165) is 5.88 Å². The van der Waals surface area contributed by atoms with Crippen molar-refractivity contribution >= 4 is 34.4 Å². The molecule has 0 saturated carbocycles. The largest absolute Gasteiger partial charge is 0.475 e. The highest BCUT2D eigenvalue weighted by Gasteiger charge is 2.02. The van der Waals surface area contributed by atoms with Gasteiger partial charge in [0.15, 0.2) is 0 Å². The Bertz CT molecular complexity index is 90.0. The molecular weight excluding hydrogens is 167 g/mol. The number of alkyl halides is 1. The molecule has 0 radical (unpaired) electrons. The van der Waals surface area contributed by atoms with E-state index in [1.807, 2.05) is 6.92 Å². The van der Waals surface area contributed by atoms with Crippen LogP contribution in [0.25, 0.3) is 0 Å². The van der Waals surface area contributed by atoms with Gasteiger partial charge in [-0.2, -0.15) is 0 Å². The van der Waals surface area contributed by atoms with Crippen LogP contribution in [0.3, 0.4) is 0 Å². The van der Waals surface area contributed by atoms with Gasteiger partial charge in [-0.1, -0.05) is 6.92 Å². The van der Waals surface area contributed by atoms with Crippen LogP contribution in [0.2, 0.25) is 0 Å². The van der Waals surface area contributed by atoms with Gasteiger partial charge in [-0.3, -0.25) is 4.79 Å². The van der Waals surface area contributed by atoms with E-state index in [9.17, 15) is 9.59 Å². The van der Waals surface area contributed by atoms with Crippen molar-refractivity contribution in [1.82, 2.24) is 0 Å². The highest BCUT2D eigenvalue weighted by molar-refractivity contribution is 6.79. The monoisotopic (exact) mass is 172 g/mol. The summed E-state index contributed by atoms with van der Waals surface area (Å²) in [4.78, 5) is 18.5. The molecule has 1 N–H and O–H groups in total. The van der Waals surface area contributed by atoms with E-state index in [0.29, 0.717) is 0 Å². The predicted octanol–water partition coefficient (Wildman–Crippen LogP) is 1.08. The molecule has 54 valence electrons. The maximum absolute atomic E-state index is 9.31. The highest BCUT2D eigenvalue weighted by atomic mass is 35.5. The Labute approximate surface area is 62.6 Å². The van der Waals surface area contributed by atoms with Crippen molar-refractivity contribution in [2.75, 3.05) is 5.88 Å². The van der Waals surface area contributed by atoms with Crippen molar-refractivity contribution in [3.63, 3.8) is 0 Å². The standard InChI is InChI=1S/C2HClO3.C2H5Cl/c3-1(4)2(5)6;1-2-3/h(H,5,6);2H2,1H3. The lowest BCUT2D eigenvalue weighted by Gasteiger charge is -1.70. The molecule has 0 saturated heterocycles. The summed E-state index contributed by atoms with van der Waals surface area (Å²) in [5.41, 5.74) is 0. The molecule has 0 aliphatic heterocycles. The first-order valence-electron chi connectivity index (χ1n) is 2.05. The second-order valence-corrected chi connectivity index (χ2v) is 1.72. The minimum Gasteiger partial charge on any atom is -0.475 e. The molecule has 0 aromatic heterocycles. The van der Waals surface area contributed by atoms with Crippen LogP contribution in [0.1, 0.15) is 6.92 Å². The topological polar surface area (TPSA) is 54.4 Å². The van der Waals surface area contributed by atoms with Gasteiger partial charge in [-0.15, -0.1) is 11.6 Å². The Balaban J connectivity index is 0. The van der Waals surface area contributed by atoms with Gasteiger partial charge in [0.25, 0.3) is 0 Å². The Morgan fingerprint density at radius 1 is 1.56 bits per heavy atom. The number of halogens is 2. The summed E-state index contributed by atoms with van der Waals surface area (Å²) in [6.07, 6.45) is 0. The Morgan fingerprint density at radius 2 is 1.67 bits per heavy atom. The zero-order valence-corrected chi connectivity index (χ0v) is 6.24. The zero-order valence-electron chi connectivity index (χ0n) is 4.73. The summed E-state index contributed by atoms with van der Waals surface area (Å²) in [7, 11) is 0. The van der Waals surface area contributed by atoms with Gasteiger partial charge < -0.3 is 5.11 Å². The fourth-order valence-corrected chi connectivity index (χ4v) is 0. The van der Waals surface area contributed by atoms with Crippen LogP contribution in [0, 0.1) is 0 Å². The molecule has 0 aromatic rings. The van der Waals surface area contributed by atoms with Gasteiger partial charge in [-0.05, 0) is 11.6 Å². The van der Waals surface area contributed by atoms with Crippen LogP contribution < -0.4 is 0 Å². The van der Waals surface area contributed by atoms with Crippen molar-refractivity contribution in [3.05, 3.63) is 0 Å². The number of rotatable bonds is 1. The van der Waals surface area contributed by atoms with Crippen LogP contribution in [-0.2, 0) is 9.59 Å². The SMILES string of the molecule is CCCl.O=C(O)C(=O)Cl. The summed E-state index contributed by atoms with van der Waals surface area (Å²) in [5, 5.41) is 6.16. The van der Waals surface area contributed by atoms with E-state index in [1.54, 1.807) is 0 Å². The minimum absolute atomic E-state index is 0.722. The van der Waals surface area contributed by atoms with Gasteiger partial charge in [-0.25, -0.2) is 4.79 Å². The van der Waals surface area contributed by atoms with Crippen LogP contribution in [0.4, 0.5) is 0 Å². The summed E-state index contributed by atoms with van der Waals surface area (Å²) >= 11 is 9.37. The Morgan fingerprint density at radius 3 is 1.67 bits per heavy atom. The van der Waals surface area contributed by atoms with E-state index in [-0.39, 0.29) is 0 Å². The zero-order chi connectivity index (χ0) is 7.86. The van der Waals surface area contributed by atoms with Crippen molar-refractivity contribution in [3.8, 4) is 0 Å². The summed E-state index contributed by atoms with van der Waals surface area (Å²) in [5.74, 6) is -0.892. The molecule has 0 unspecified atom stereocenters. The molecule has 0 aliphatic carbocycles. The normalized spacial score (nSPS) is 7.00. The molecule has 0 rings (SSSR count). The fourth-order valence-electron chi connectivity index (χ4n) is 0. The van der Waals surface area contributed by atoms with E-state index in [1.165, 1.54) is 0 Å². The molecular formula is C4H6Cl2O3. The van der Waals surface area contributed by atoms with E-state index in [4.69, 9.17) is 16.7 Å². The molecule has 0 bridgehead atoms. The molecule has 0 aliphatic rings. The van der Waals surface area contributed by atoms with Gasteiger partial charge in [0.1, 0.15) is 0 Å². The Kier molecular flexibility index (Phi) is 9.87. The number of aliphatic carboxylic acids is 1. The summed E-state index contributed by atoms with van der Waals surface area (Å²) in [6, 6.07) is 0. The number of carboxylic acids is 1. The molecule has 0 heterocycles. The first-order valence-corrected chi connectivity index (χ1v) is 2.96. The first-order chi connectivity index (χ1) is 4.06. The number of carboxylic acid groups (broad SMARTS) is 1. The number of carbonyl (C=O) groups excluding carboxylic acids is 1. The molecule has 0 aromatic carbocycles. The van der Waals surface area contributed by atoms with Crippen LogP contribution in [0.5, 0.6) is 0 Å². The average Bonchev–Trinajstić information content (AvgIpc) is 1.68. The average molecular weight is 173 g/mol. The van der Waals surface area contributed by atoms with Crippen LogP contribution in [0.15, 0.2) is 0 Å². The van der Waals surface area contributed by atoms with E-state index < -0.39 is 11.2 Å². The lowest BCUT2D eigenvalue weighted by atomic mass is 10.8. The fraction of sp³-hybridized carbons (Fsp3) is 0.500. The molecule has 0 amide bonds. The van der Waals surface area contributed by atoms with Crippen molar-refractivity contribution < 1.29 is 14.7 Å². The molecule has 0 atom stereocenters. The number of hydrogen-bond acceptors (Lipinski definition) is 2. The maximum Gasteiger partial charge on any atom is 0.388 e. The highest BCUT2D eigenvalue weighted by Crippen LogP contribution is 1.74. The van der Waals surface area contributed by atoms with Gasteiger partial charge >= 0.3 is 11.2 Å². The number of hydrogen-bond donors (Lipinski definition) is 1. The lowest BCUT2D eigenvalue weighted by Crippen LogP contribution is -2.02. The molecule has 5 heteroatoms. The smallest absolute Gasteiger partial charge is 0.388 e. The molecule has 0 spiro atoms. The van der Waals surface area contributed by atoms with Crippen LogP contribution >= 0.6 is 23.2 Å². The quantitative estimate of drug-likeness (QED) is 0.366.